The van der Waals surface area contributed by atoms with E-state index in [0.717, 1.165) is 6.07 Å². The van der Waals surface area contributed by atoms with Crippen LogP contribution in [-0.2, 0) is 0 Å². The zero-order chi connectivity index (χ0) is 13.6. The van der Waals surface area contributed by atoms with Crippen molar-refractivity contribution in [2.75, 3.05) is 0 Å². The highest BCUT2D eigenvalue weighted by Gasteiger charge is 2.17. The predicted octanol–water partition coefficient (Wildman–Crippen LogP) is 1.35. The summed E-state index contributed by atoms with van der Waals surface area (Å²) >= 11 is 0. The van der Waals surface area contributed by atoms with Crippen molar-refractivity contribution in [2.24, 2.45) is 0 Å². The van der Waals surface area contributed by atoms with Crippen LogP contribution in [0.3, 0.4) is 0 Å². The molecule has 2 heterocycles. The molecule has 6 heteroatoms. The second kappa shape index (κ2) is 3.71. The van der Waals surface area contributed by atoms with Gasteiger partial charge in [-0.15, -0.1) is 0 Å². The van der Waals surface area contributed by atoms with E-state index in [-0.39, 0.29) is 5.56 Å². The number of nitrogens with one attached hydrogen (secondary N) is 1. The summed E-state index contributed by atoms with van der Waals surface area (Å²) in [6, 6.07) is 9.95. The molecule has 0 aliphatic heterocycles. The highest BCUT2D eigenvalue weighted by molar-refractivity contribution is 5.90. The lowest BCUT2D eigenvalue weighted by atomic mass is 10.2. The molecule has 19 heavy (non-hydrogen) atoms. The highest BCUT2D eigenvalue weighted by atomic mass is 16.4. The molecule has 0 bridgehead atoms. The number of nitrogens with zero attached hydrogens (tertiary/aromatic N) is 2. The Bertz CT molecular complexity index is 928. The van der Waals surface area contributed by atoms with Crippen LogP contribution in [-0.4, -0.2) is 20.5 Å². The molecule has 0 aliphatic carbocycles. The monoisotopic (exact) mass is 253 g/mol. The third kappa shape index (κ3) is 1.42. The van der Waals surface area contributed by atoms with Gasteiger partial charge < -0.3 is 10.1 Å². The van der Waals surface area contributed by atoms with E-state index in [1.165, 1.54) is 4.40 Å². The highest BCUT2D eigenvalue weighted by Crippen LogP contribution is 2.17. The molecule has 6 nitrogen and oxygen atoms in total. The van der Waals surface area contributed by atoms with Crippen molar-refractivity contribution in [3.63, 3.8) is 0 Å². The minimum atomic E-state index is -1.35. The van der Waals surface area contributed by atoms with Gasteiger partial charge in [0.25, 0.3) is 5.56 Å². The summed E-state index contributed by atoms with van der Waals surface area (Å²) in [5.41, 5.74) is 0.561. The number of benzene rings is 1. The summed E-state index contributed by atoms with van der Waals surface area (Å²) in [6.45, 7) is 0. The Hall–Kier alpha value is -3.07. The fourth-order valence-electron chi connectivity index (χ4n) is 2.11. The Kier molecular flexibility index (Phi) is 2.16. The van der Waals surface area contributed by atoms with E-state index in [1.54, 1.807) is 24.3 Å². The van der Waals surface area contributed by atoms with Gasteiger partial charge in [-0.25, -0.2) is 4.79 Å². The molecule has 0 radical (unpaired) electrons. The predicted molar refractivity (Wildman–Crippen MR) is 67.2 cm³/mol. The summed E-state index contributed by atoms with van der Waals surface area (Å²) in [7, 11) is 0. The minimum absolute atomic E-state index is 0.119. The van der Waals surface area contributed by atoms with Crippen LogP contribution in [0.2, 0.25) is 0 Å². The lowest BCUT2D eigenvalue weighted by Gasteiger charge is -1.99. The lowest BCUT2D eigenvalue weighted by molar-refractivity contribution is 0.0695. The number of imidazole rings is 1. The molecule has 1 aromatic carbocycles. The number of carboxylic acids is 1. The number of para-hydroxylation sites is 2. The number of fused-ring (bicyclic) bond motifs is 3. The van der Waals surface area contributed by atoms with Crippen LogP contribution in [0.4, 0.5) is 0 Å². The van der Waals surface area contributed by atoms with E-state index in [4.69, 9.17) is 10.4 Å². The average Bonchev–Trinajstić information content (AvgIpc) is 2.78. The van der Waals surface area contributed by atoms with Gasteiger partial charge in [0.1, 0.15) is 17.3 Å². The first-order chi connectivity index (χ1) is 9.13. The van der Waals surface area contributed by atoms with Crippen molar-refractivity contribution in [1.82, 2.24) is 9.38 Å². The Labute approximate surface area is 106 Å². The zero-order valence-electron chi connectivity index (χ0n) is 9.54. The summed E-state index contributed by atoms with van der Waals surface area (Å²) < 4.78 is 1.22. The molecule has 0 amide bonds. The van der Waals surface area contributed by atoms with E-state index in [9.17, 15) is 9.59 Å². The Morgan fingerprint density at radius 1 is 1.37 bits per heavy atom. The molecule has 0 unspecified atom stereocenters. The third-order valence-corrected chi connectivity index (χ3v) is 2.95. The normalized spacial score (nSPS) is 10.7. The second-order valence-corrected chi connectivity index (χ2v) is 4.02. The molecule has 3 rings (SSSR count). The Morgan fingerprint density at radius 2 is 2.11 bits per heavy atom. The summed E-state index contributed by atoms with van der Waals surface area (Å²) in [4.78, 5) is 26.2. The number of nitriles is 1. The van der Waals surface area contributed by atoms with Crippen LogP contribution in [0.1, 0.15) is 15.9 Å². The topological polar surface area (TPSA) is 98.4 Å². The number of pyridine rings is 1. The number of aromatic carboxylic acids is 1. The van der Waals surface area contributed by atoms with Crippen LogP contribution in [0.15, 0.2) is 35.1 Å². The van der Waals surface area contributed by atoms with E-state index < -0.39 is 17.1 Å². The van der Waals surface area contributed by atoms with Crippen LogP contribution < -0.4 is 5.56 Å². The summed E-state index contributed by atoms with van der Waals surface area (Å²) in [6.07, 6.45) is 0. The van der Waals surface area contributed by atoms with Crippen molar-refractivity contribution < 1.29 is 9.90 Å². The quantitative estimate of drug-likeness (QED) is 0.683. The molecule has 3 aromatic rings. The maximum atomic E-state index is 12.2. The molecule has 0 fully saturated rings. The van der Waals surface area contributed by atoms with E-state index in [1.807, 2.05) is 6.07 Å². The van der Waals surface area contributed by atoms with Gasteiger partial charge in [0.05, 0.1) is 16.6 Å². The van der Waals surface area contributed by atoms with Gasteiger partial charge >= 0.3 is 5.97 Å². The van der Waals surface area contributed by atoms with Crippen molar-refractivity contribution in [1.29, 1.82) is 5.26 Å². The number of hydrogen-bond acceptors (Lipinski definition) is 3. The molecule has 0 spiro atoms. The molecule has 0 saturated heterocycles. The smallest absolute Gasteiger partial charge is 0.341 e. The minimum Gasteiger partial charge on any atom is -0.477 e. The molecule has 2 aromatic heterocycles. The SMILES string of the molecule is N#Cc1cc(C(=O)O)c(=O)n2c1[nH]c1ccccc12. The maximum absolute atomic E-state index is 12.2. The van der Waals surface area contributed by atoms with Gasteiger partial charge in [-0.1, -0.05) is 12.1 Å². The first kappa shape index (κ1) is 11.0. The molecule has 0 saturated carbocycles. The van der Waals surface area contributed by atoms with Crippen LogP contribution in [0.25, 0.3) is 16.7 Å². The van der Waals surface area contributed by atoms with Gasteiger partial charge in [0, 0.05) is 0 Å². The standard InChI is InChI=1S/C13H7N3O3/c14-6-7-5-8(13(18)19)12(17)16-10-4-2-1-3-9(10)15-11(7)16/h1-5,15H,(H,18,19). The number of carbonyl (C=O) groups is 1. The zero-order valence-corrected chi connectivity index (χ0v) is 9.54. The van der Waals surface area contributed by atoms with E-state index in [2.05, 4.69) is 4.98 Å². The summed E-state index contributed by atoms with van der Waals surface area (Å²) in [5, 5.41) is 18.1. The van der Waals surface area contributed by atoms with Gasteiger partial charge in [-0.3, -0.25) is 9.20 Å². The number of rotatable bonds is 1. The Morgan fingerprint density at radius 3 is 2.79 bits per heavy atom. The van der Waals surface area contributed by atoms with Crippen LogP contribution >= 0.6 is 0 Å². The fourth-order valence-corrected chi connectivity index (χ4v) is 2.11. The van der Waals surface area contributed by atoms with Gasteiger partial charge in [0.15, 0.2) is 0 Å². The molecule has 0 aliphatic rings. The average molecular weight is 253 g/mol. The fraction of sp³-hybridized carbons (Fsp3) is 0. The molecule has 2 N–H and O–H groups in total. The van der Waals surface area contributed by atoms with E-state index in [0.29, 0.717) is 16.7 Å². The van der Waals surface area contributed by atoms with Crippen molar-refractivity contribution in [3.05, 3.63) is 51.8 Å². The Balaban J connectivity index is 2.65. The third-order valence-electron chi connectivity index (χ3n) is 2.95. The van der Waals surface area contributed by atoms with Crippen LogP contribution in [0, 0.1) is 11.3 Å². The number of carboxylic acid groups (broad SMARTS) is 1. The van der Waals surface area contributed by atoms with Crippen LogP contribution in [0.5, 0.6) is 0 Å². The van der Waals surface area contributed by atoms with Crippen molar-refractivity contribution in [3.8, 4) is 6.07 Å². The molecular formula is C13H7N3O3. The molecule has 0 atom stereocenters. The maximum Gasteiger partial charge on any atom is 0.341 e. The number of hydrogen-bond donors (Lipinski definition) is 2. The first-order valence-electron chi connectivity index (χ1n) is 5.43. The van der Waals surface area contributed by atoms with Crippen molar-refractivity contribution >= 4 is 22.6 Å². The van der Waals surface area contributed by atoms with Crippen molar-refractivity contribution in [2.45, 2.75) is 0 Å². The van der Waals surface area contributed by atoms with E-state index >= 15 is 0 Å². The summed E-state index contributed by atoms with van der Waals surface area (Å²) in [5.74, 6) is -1.35. The first-order valence-corrected chi connectivity index (χ1v) is 5.43. The largest absolute Gasteiger partial charge is 0.477 e. The van der Waals surface area contributed by atoms with Gasteiger partial charge in [0.2, 0.25) is 0 Å². The number of aromatic nitrogens is 2. The molecular weight excluding hydrogens is 246 g/mol. The number of aromatic amines is 1. The second-order valence-electron chi connectivity index (χ2n) is 4.02. The van der Waals surface area contributed by atoms with Gasteiger partial charge in [-0.2, -0.15) is 5.26 Å². The molecule has 92 valence electrons. The lowest BCUT2D eigenvalue weighted by Crippen LogP contribution is -2.22. The number of H-pyrrole nitrogens is 1. The van der Waals surface area contributed by atoms with Gasteiger partial charge in [-0.05, 0) is 18.2 Å².